The van der Waals surface area contributed by atoms with Gasteiger partial charge in [0.2, 0.25) is 0 Å². The molecule has 4 heteroatoms. The Kier molecular flexibility index (Phi) is 9.01. The van der Waals surface area contributed by atoms with Crippen molar-refractivity contribution in [1.29, 1.82) is 0 Å². The molecule has 0 bridgehead atoms. The smallest absolute Gasteiger partial charge is 0.313 e. The van der Waals surface area contributed by atoms with E-state index >= 15 is 0 Å². The molecule has 4 nitrogen and oxygen atoms in total. The van der Waals surface area contributed by atoms with Crippen LogP contribution in [0.2, 0.25) is 0 Å². The van der Waals surface area contributed by atoms with E-state index < -0.39 is 0 Å². The monoisotopic (exact) mass is 342 g/mol. The first-order valence-corrected chi connectivity index (χ1v) is 8.23. The third kappa shape index (κ3) is 7.21. The number of benzene rings is 2. The number of hydrogen-bond acceptors (Lipinski definition) is 4. The lowest BCUT2D eigenvalue weighted by molar-refractivity contribution is -0.143. The van der Waals surface area contributed by atoms with Crippen molar-refractivity contribution >= 4 is 11.9 Å². The largest absolute Gasteiger partial charge is 0.469 e. The first kappa shape index (κ1) is 20.4. The second kappa shape index (κ2) is 11.0. The normalized spacial score (nSPS) is 11.1. The molecule has 0 aliphatic carbocycles. The molecular weight excluding hydrogens is 316 g/mol. The van der Waals surface area contributed by atoms with Gasteiger partial charge in [0.25, 0.3) is 0 Å². The fourth-order valence-corrected chi connectivity index (χ4v) is 2.42. The van der Waals surface area contributed by atoms with Gasteiger partial charge >= 0.3 is 11.9 Å². The Bertz CT molecular complexity index is 635. The lowest BCUT2D eigenvalue weighted by Crippen LogP contribution is -2.19. The van der Waals surface area contributed by atoms with E-state index in [1.165, 1.54) is 14.2 Å². The molecule has 0 saturated heterocycles. The molecule has 0 radical (unpaired) electrons. The fourth-order valence-electron chi connectivity index (χ4n) is 2.42. The SMILES string of the molecule is COC(=O)C(c1ccccc1)C(C)C.COC(=O)Cc1ccccc1. The van der Waals surface area contributed by atoms with E-state index in [9.17, 15) is 9.59 Å². The van der Waals surface area contributed by atoms with Crippen molar-refractivity contribution in [2.45, 2.75) is 26.2 Å². The van der Waals surface area contributed by atoms with E-state index in [4.69, 9.17) is 4.74 Å². The van der Waals surface area contributed by atoms with Gasteiger partial charge in [-0.3, -0.25) is 9.59 Å². The predicted molar refractivity (Wildman–Crippen MR) is 98.2 cm³/mol. The summed E-state index contributed by atoms with van der Waals surface area (Å²) in [6.07, 6.45) is 0.358. The van der Waals surface area contributed by atoms with Crippen LogP contribution in [0.15, 0.2) is 60.7 Å². The van der Waals surface area contributed by atoms with E-state index in [-0.39, 0.29) is 23.8 Å². The molecule has 1 unspecified atom stereocenters. The molecule has 0 fully saturated rings. The minimum atomic E-state index is -0.198. The number of methoxy groups -OCH3 is 2. The highest BCUT2D eigenvalue weighted by atomic mass is 16.5. The molecule has 0 aromatic heterocycles. The molecule has 2 aromatic rings. The van der Waals surface area contributed by atoms with E-state index in [1.54, 1.807) is 0 Å². The highest BCUT2D eigenvalue weighted by molar-refractivity contribution is 5.78. The number of carbonyl (C=O) groups is 2. The molecule has 1 atom stereocenters. The predicted octanol–water partition coefficient (Wildman–Crippen LogP) is 4.00. The summed E-state index contributed by atoms with van der Waals surface area (Å²) < 4.78 is 9.30. The van der Waals surface area contributed by atoms with Crippen molar-refractivity contribution in [3.05, 3.63) is 71.8 Å². The van der Waals surface area contributed by atoms with Crippen LogP contribution in [0.25, 0.3) is 0 Å². The van der Waals surface area contributed by atoms with Crippen molar-refractivity contribution < 1.29 is 19.1 Å². The van der Waals surface area contributed by atoms with Crippen molar-refractivity contribution in [1.82, 2.24) is 0 Å². The Labute approximate surface area is 149 Å². The molecule has 0 aliphatic heterocycles. The zero-order valence-electron chi connectivity index (χ0n) is 15.3. The molecule has 0 saturated carbocycles. The van der Waals surface area contributed by atoms with Crippen LogP contribution in [-0.2, 0) is 25.5 Å². The zero-order valence-corrected chi connectivity index (χ0v) is 15.3. The molecule has 0 amide bonds. The molecule has 134 valence electrons. The van der Waals surface area contributed by atoms with Crippen LogP contribution in [0.5, 0.6) is 0 Å². The summed E-state index contributed by atoms with van der Waals surface area (Å²) in [6.45, 7) is 4.04. The van der Waals surface area contributed by atoms with Crippen LogP contribution in [0.3, 0.4) is 0 Å². The minimum absolute atomic E-state index is 0.152. The average molecular weight is 342 g/mol. The summed E-state index contributed by atoms with van der Waals surface area (Å²) in [4.78, 5) is 22.3. The van der Waals surface area contributed by atoms with Crippen LogP contribution in [0.1, 0.15) is 30.9 Å². The van der Waals surface area contributed by atoms with Gasteiger partial charge in [0.05, 0.1) is 26.6 Å². The highest BCUT2D eigenvalue weighted by Gasteiger charge is 2.24. The van der Waals surface area contributed by atoms with Gasteiger partial charge in [0.1, 0.15) is 0 Å². The Balaban J connectivity index is 0.000000257. The Morgan fingerprint density at radius 2 is 1.36 bits per heavy atom. The summed E-state index contributed by atoms with van der Waals surface area (Å²) in [6, 6.07) is 19.3. The molecule has 0 heterocycles. The van der Waals surface area contributed by atoms with Gasteiger partial charge in [-0.05, 0) is 17.0 Å². The van der Waals surface area contributed by atoms with Gasteiger partial charge in [0, 0.05) is 0 Å². The van der Waals surface area contributed by atoms with E-state index in [0.29, 0.717) is 6.42 Å². The lowest BCUT2D eigenvalue weighted by Gasteiger charge is -2.18. The third-order valence-corrected chi connectivity index (χ3v) is 3.70. The topological polar surface area (TPSA) is 52.6 Å². The highest BCUT2D eigenvalue weighted by Crippen LogP contribution is 2.25. The standard InChI is InChI=1S/C12H16O2.C9H10O2/c1-9(2)11(12(13)14-3)10-7-5-4-6-8-10;1-11-9(10)7-8-5-3-2-4-6-8/h4-9,11H,1-3H3;2-6H,7H2,1H3. The van der Waals surface area contributed by atoms with Gasteiger partial charge < -0.3 is 9.47 Å². The molecule has 0 aliphatic rings. The number of esters is 2. The maximum absolute atomic E-state index is 11.5. The van der Waals surface area contributed by atoms with E-state index in [0.717, 1.165) is 11.1 Å². The van der Waals surface area contributed by atoms with Crippen LogP contribution in [0, 0.1) is 5.92 Å². The van der Waals surface area contributed by atoms with E-state index in [1.807, 2.05) is 74.5 Å². The molecule has 2 rings (SSSR count). The van der Waals surface area contributed by atoms with Crippen LogP contribution in [-0.4, -0.2) is 26.2 Å². The number of ether oxygens (including phenoxy) is 2. The summed E-state index contributed by atoms with van der Waals surface area (Å²) in [5.74, 6) is -0.256. The summed E-state index contributed by atoms with van der Waals surface area (Å²) in [7, 11) is 2.83. The number of carbonyl (C=O) groups excluding carboxylic acids is 2. The Hall–Kier alpha value is -2.62. The summed E-state index contributed by atoms with van der Waals surface area (Å²) in [5.41, 5.74) is 2.01. The van der Waals surface area contributed by atoms with Crippen molar-refractivity contribution in [2.75, 3.05) is 14.2 Å². The van der Waals surface area contributed by atoms with Gasteiger partial charge in [0.15, 0.2) is 0 Å². The molecule has 25 heavy (non-hydrogen) atoms. The second-order valence-corrected chi connectivity index (χ2v) is 5.89. The van der Waals surface area contributed by atoms with Gasteiger partial charge in [-0.2, -0.15) is 0 Å². The van der Waals surface area contributed by atoms with E-state index in [2.05, 4.69) is 4.74 Å². The van der Waals surface area contributed by atoms with Crippen LogP contribution < -0.4 is 0 Å². The summed E-state index contributed by atoms with van der Waals surface area (Å²) in [5, 5.41) is 0. The molecule has 0 spiro atoms. The van der Waals surface area contributed by atoms with Crippen molar-refractivity contribution in [2.24, 2.45) is 5.92 Å². The fraction of sp³-hybridized carbons (Fsp3) is 0.333. The van der Waals surface area contributed by atoms with Gasteiger partial charge in [-0.15, -0.1) is 0 Å². The quantitative estimate of drug-likeness (QED) is 0.771. The first-order valence-electron chi connectivity index (χ1n) is 8.23. The van der Waals surface area contributed by atoms with Crippen LogP contribution in [0.4, 0.5) is 0 Å². The number of hydrogen-bond donors (Lipinski definition) is 0. The van der Waals surface area contributed by atoms with Crippen molar-refractivity contribution in [3.8, 4) is 0 Å². The summed E-state index contributed by atoms with van der Waals surface area (Å²) >= 11 is 0. The van der Waals surface area contributed by atoms with Crippen molar-refractivity contribution in [3.63, 3.8) is 0 Å². The van der Waals surface area contributed by atoms with Gasteiger partial charge in [-0.1, -0.05) is 74.5 Å². The zero-order chi connectivity index (χ0) is 18.7. The maximum atomic E-state index is 11.5. The maximum Gasteiger partial charge on any atom is 0.313 e. The lowest BCUT2D eigenvalue weighted by atomic mass is 9.89. The molecular formula is C21H26O4. The number of rotatable bonds is 5. The molecule has 0 N–H and O–H groups in total. The Morgan fingerprint density at radius 1 is 0.840 bits per heavy atom. The first-order chi connectivity index (χ1) is 12.0. The third-order valence-electron chi connectivity index (χ3n) is 3.70. The Morgan fingerprint density at radius 3 is 1.80 bits per heavy atom. The second-order valence-electron chi connectivity index (χ2n) is 5.89. The minimum Gasteiger partial charge on any atom is -0.469 e. The van der Waals surface area contributed by atoms with Gasteiger partial charge in [-0.25, -0.2) is 0 Å². The molecule has 2 aromatic carbocycles. The van der Waals surface area contributed by atoms with Crippen LogP contribution >= 0.6 is 0 Å². The average Bonchev–Trinajstić information content (AvgIpc) is 2.63.